The van der Waals surface area contributed by atoms with Crippen molar-refractivity contribution in [3.63, 3.8) is 0 Å². The fourth-order valence-corrected chi connectivity index (χ4v) is 4.72. The number of ether oxygens (including phenoxy) is 3. The van der Waals surface area contributed by atoms with Gasteiger partial charge in [0.15, 0.2) is 11.5 Å². The van der Waals surface area contributed by atoms with Crippen LogP contribution >= 0.6 is 11.3 Å². The van der Waals surface area contributed by atoms with E-state index in [9.17, 15) is 9.59 Å². The van der Waals surface area contributed by atoms with Crippen molar-refractivity contribution >= 4 is 33.9 Å². The van der Waals surface area contributed by atoms with E-state index >= 15 is 0 Å². The Kier molecular flexibility index (Phi) is 6.64. The SMILES string of the molecule is CCOC(=O)c1c(NC(=O)CNc2cc(OC)c(OC)cc2C)sc2c1CCC2. The third-order valence-electron chi connectivity index (χ3n) is 4.82. The van der Waals surface area contributed by atoms with Gasteiger partial charge in [-0.3, -0.25) is 4.79 Å². The summed E-state index contributed by atoms with van der Waals surface area (Å²) in [6.45, 7) is 4.06. The zero-order valence-electron chi connectivity index (χ0n) is 17.1. The van der Waals surface area contributed by atoms with E-state index < -0.39 is 0 Å². The number of carbonyl (C=O) groups excluding carboxylic acids is 2. The lowest BCUT2D eigenvalue weighted by Crippen LogP contribution is -2.23. The van der Waals surface area contributed by atoms with Crippen molar-refractivity contribution in [3.05, 3.63) is 33.7 Å². The molecule has 0 aliphatic heterocycles. The average Bonchev–Trinajstić information content (AvgIpc) is 3.27. The Hall–Kier alpha value is -2.74. The molecule has 0 saturated heterocycles. The van der Waals surface area contributed by atoms with Gasteiger partial charge in [-0.1, -0.05) is 0 Å². The Morgan fingerprint density at radius 1 is 1.14 bits per heavy atom. The molecule has 8 heteroatoms. The second-order valence-corrected chi connectivity index (χ2v) is 7.81. The third-order valence-corrected chi connectivity index (χ3v) is 6.03. The number of aryl methyl sites for hydroxylation is 2. The highest BCUT2D eigenvalue weighted by Gasteiger charge is 2.28. The van der Waals surface area contributed by atoms with Gasteiger partial charge >= 0.3 is 5.97 Å². The zero-order chi connectivity index (χ0) is 21.0. The Labute approximate surface area is 174 Å². The molecule has 2 N–H and O–H groups in total. The topological polar surface area (TPSA) is 85.9 Å². The molecule has 1 aliphatic carbocycles. The highest BCUT2D eigenvalue weighted by atomic mass is 32.1. The highest BCUT2D eigenvalue weighted by molar-refractivity contribution is 7.17. The summed E-state index contributed by atoms with van der Waals surface area (Å²) in [5.74, 6) is 0.614. The molecule has 156 valence electrons. The minimum absolute atomic E-state index is 0.0567. The van der Waals surface area contributed by atoms with Crippen molar-refractivity contribution in [3.8, 4) is 11.5 Å². The van der Waals surface area contributed by atoms with Crippen LogP contribution in [0.3, 0.4) is 0 Å². The van der Waals surface area contributed by atoms with Gasteiger partial charge in [-0.2, -0.15) is 0 Å². The van der Waals surface area contributed by atoms with Crippen molar-refractivity contribution in [2.75, 3.05) is 38.0 Å². The first-order valence-corrected chi connectivity index (χ1v) is 10.4. The van der Waals surface area contributed by atoms with Crippen LogP contribution in [-0.2, 0) is 22.4 Å². The van der Waals surface area contributed by atoms with E-state index in [1.54, 1.807) is 27.2 Å². The van der Waals surface area contributed by atoms with Crippen LogP contribution in [0.15, 0.2) is 12.1 Å². The lowest BCUT2D eigenvalue weighted by atomic mass is 10.1. The zero-order valence-corrected chi connectivity index (χ0v) is 18.0. The molecule has 7 nitrogen and oxygen atoms in total. The number of hydrogen-bond donors (Lipinski definition) is 2. The van der Waals surface area contributed by atoms with Gasteiger partial charge in [0.1, 0.15) is 5.00 Å². The summed E-state index contributed by atoms with van der Waals surface area (Å²) in [6, 6.07) is 3.65. The predicted molar refractivity (Wildman–Crippen MR) is 114 cm³/mol. The first-order chi connectivity index (χ1) is 14.0. The standard InChI is InChI=1S/C21H26N2O5S/c1-5-28-21(25)19-13-7-6-8-17(13)29-20(19)23-18(24)11-22-14-10-16(27-4)15(26-3)9-12(14)2/h9-10,22H,5-8,11H2,1-4H3,(H,23,24). The maximum absolute atomic E-state index is 12.6. The van der Waals surface area contributed by atoms with E-state index in [1.807, 2.05) is 13.0 Å². The molecule has 0 radical (unpaired) electrons. The second-order valence-electron chi connectivity index (χ2n) is 6.71. The molecule has 1 aliphatic rings. The normalized spacial score (nSPS) is 12.3. The molecule has 0 unspecified atom stereocenters. The van der Waals surface area contributed by atoms with E-state index in [-0.39, 0.29) is 18.4 Å². The van der Waals surface area contributed by atoms with Gasteiger partial charge in [0.2, 0.25) is 5.91 Å². The lowest BCUT2D eigenvalue weighted by Gasteiger charge is -2.14. The summed E-state index contributed by atoms with van der Waals surface area (Å²) in [7, 11) is 3.15. The maximum atomic E-state index is 12.6. The number of methoxy groups -OCH3 is 2. The first kappa shape index (κ1) is 21.0. The molecular weight excluding hydrogens is 392 g/mol. The van der Waals surface area contributed by atoms with E-state index in [1.165, 1.54) is 11.3 Å². The van der Waals surface area contributed by atoms with Gasteiger partial charge in [0.25, 0.3) is 0 Å². The number of thiophene rings is 1. The number of nitrogens with one attached hydrogen (secondary N) is 2. The van der Waals surface area contributed by atoms with E-state index in [4.69, 9.17) is 14.2 Å². The van der Waals surface area contributed by atoms with Gasteiger partial charge in [-0.15, -0.1) is 11.3 Å². The van der Waals surface area contributed by atoms with Crippen molar-refractivity contribution in [1.29, 1.82) is 0 Å². The van der Waals surface area contributed by atoms with Crippen LogP contribution < -0.4 is 20.1 Å². The molecule has 0 bridgehead atoms. The Bertz CT molecular complexity index is 922. The van der Waals surface area contributed by atoms with Crippen molar-refractivity contribution < 1.29 is 23.8 Å². The number of benzene rings is 1. The maximum Gasteiger partial charge on any atom is 0.341 e. The first-order valence-electron chi connectivity index (χ1n) is 9.56. The lowest BCUT2D eigenvalue weighted by molar-refractivity contribution is -0.114. The summed E-state index contributed by atoms with van der Waals surface area (Å²) in [6.07, 6.45) is 2.81. The number of carbonyl (C=O) groups is 2. The fraction of sp³-hybridized carbons (Fsp3) is 0.429. The minimum Gasteiger partial charge on any atom is -0.493 e. The summed E-state index contributed by atoms with van der Waals surface area (Å²) < 4.78 is 15.8. The number of esters is 1. The quantitative estimate of drug-likeness (QED) is 0.635. The van der Waals surface area contributed by atoms with Crippen molar-refractivity contribution in [2.45, 2.75) is 33.1 Å². The van der Waals surface area contributed by atoms with Gasteiger partial charge in [0, 0.05) is 16.6 Å². The largest absolute Gasteiger partial charge is 0.493 e. The van der Waals surface area contributed by atoms with Gasteiger partial charge in [-0.25, -0.2) is 4.79 Å². The molecule has 3 rings (SSSR count). The van der Waals surface area contributed by atoms with Crippen LogP contribution in [0.5, 0.6) is 11.5 Å². The highest BCUT2D eigenvalue weighted by Crippen LogP contribution is 2.39. The number of anilines is 2. The van der Waals surface area contributed by atoms with Crippen LogP contribution in [0.25, 0.3) is 0 Å². The van der Waals surface area contributed by atoms with E-state index in [0.29, 0.717) is 28.7 Å². The summed E-state index contributed by atoms with van der Waals surface area (Å²) in [5, 5.41) is 6.58. The molecule has 0 spiro atoms. The van der Waals surface area contributed by atoms with E-state index in [2.05, 4.69) is 10.6 Å². The number of hydrogen-bond acceptors (Lipinski definition) is 7. The van der Waals surface area contributed by atoms with Crippen LogP contribution in [0, 0.1) is 6.92 Å². The third kappa shape index (κ3) is 4.48. The van der Waals surface area contributed by atoms with Crippen LogP contribution in [0.1, 0.15) is 39.7 Å². The van der Waals surface area contributed by atoms with Crippen LogP contribution in [0.4, 0.5) is 10.7 Å². The van der Waals surface area contributed by atoms with Crippen molar-refractivity contribution in [1.82, 2.24) is 0 Å². The molecule has 1 heterocycles. The molecule has 2 aromatic rings. The van der Waals surface area contributed by atoms with Gasteiger partial charge in [0.05, 0.1) is 32.9 Å². The second kappa shape index (κ2) is 9.17. The van der Waals surface area contributed by atoms with Gasteiger partial charge in [-0.05, 0) is 50.3 Å². The van der Waals surface area contributed by atoms with Crippen LogP contribution in [-0.4, -0.2) is 39.2 Å². The summed E-state index contributed by atoms with van der Waals surface area (Å²) in [5.41, 5.74) is 3.24. The number of amides is 1. The Balaban J connectivity index is 1.72. The van der Waals surface area contributed by atoms with Crippen LogP contribution in [0.2, 0.25) is 0 Å². The number of fused-ring (bicyclic) bond motifs is 1. The molecular formula is C21H26N2O5S. The predicted octanol–water partition coefficient (Wildman–Crippen LogP) is 3.79. The van der Waals surface area contributed by atoms with Gasteiger partial charge < -0.3 is 24.8 Å². The monoisotopic (exact) mass is 418 g/mol. The Morgan fingerprint density at radius 3 is 2.55 bits per heavy atom. The summed E-state index contributed by atoms with van der Waals surface area (Å²) in [4.78, 5) is 26.1. The molecule has 0 atom stereocenters. The minimum atomic E-state index is -0.370. The smallest absolute Gasteiger partial charge is 0.341 e. The molecule has 1 amide bonds. The Morgan fingerprint density at radius 2 is 1.86 bits per heavy atom. The molecule has 29 heavy (non-hydrogen) atoms. The van der Waals surface area contributed by atoms with Crippen molar-refractivity contribution in [2.24, 2.45) is 0 Å². The summed E-state index contributed by atoms with van der Waals surface area (Å²) >= 11 is 1.47. The number of rotatable bonds is 8. The molecule has 1 aromatic carbocycles. The fourth-order valence-electron chi connectivity index (χ4n) is 3.43. The van der Waals surface area contributed by atoms with E-state index in [0.717, 1.165) is 41.0 Å². The molecule has 0 saturated carbocycles. The average molecular weight is 419 g/mol. The molecule has 1 aromatic heterocycles. The molecule has 0 fully saturated rings.